The Morgan fingerprint density at radius 2 is 0.909 bits per heavy atom. The summed E-state index contributed by atoms with van der Waals surface area (Å²) in [7, 11) is -7.09. The first kappa shape index (κ1) is 17.4. The van der Waals surface area contributed by atoms with Gasteiger partial charge in [0.15, 0.2) is 0 Å². The summed E-state index contributed by atoms with van der Waals surface area (Å²) in [6.07, 6.45) is 0. The smallest absolute Gasteiger partial charge is 0.324 e. The van der Waals surface area contributed by atoms with Crippen LogP contribution in [-0.4, -0.2) is 24.5 Å². The van der Waals surface area contributed by atoms with Gasteiger partial charge in [0.2, 0.25) is 0 Å². The predicted octanol–water partition coefficient (Wildman–Crippen LogP) is -1.09. The highest BCUT2D eigenvalue weighted by Crippen LogP contribution is 1.98. The fraction of sp³-hybridized carbons (Fsp3) is 0. The quantitative estimate of drug-likeness (QED) is 0.327. The second-order valence-corrected chi connectivity index (χ2v) is 1.94. The van der Waals surface area contributed by atoms with E-state index in [1.807, 2.05) is 0 Å². The minimum absolute atomic E-state index is 0.833. The van der Waals surface area contributed by atoms with Crippen molar-refractivity contribution in [3.05, 3.63) is 0 Å². The molecule has 0 rings (SSSR count). The Balaban J connectivity index is -0.0000000886. The van der Waals surface area contributed by atoms with E-state index in [9.17, 15) is 0 Å². The van der Waals surface area contributed by atoms with E-state index in [1.165, 1.54) is 0 Å². The fourth-order valence-electron chi connectivity index (χ4n) is 0. The van der Waals surface area contributed by atoms with Crippen molar-refractivity contribution in [3.63, 3.8) is 0 Å². The highest BCUT2D eigenvalue weighted by atomic mass is 31.1. The van der Waals surface area contributed by atoms with Gasteiger partial charge in [0.05, 0.1) is 0 Å². The molecule has 0 heterocycles. The molecule has 0 radical (unpaired) electrons. The molecule has 0 aliphatic heterocycles. The molecule has 0 fully saturated rings. The summed E-state index contributed by atoms with van der Waals surface area (Å²) in [5, 5.41) is 0. The lowest BCUT2D eigenvalue weighted by molar-refractivity contribution is 0.403. The van der Waals surface area contributed by atoms with Crippen molar-refractivity contribution in [2.45, 2.75) is 0 Å². The van der Waals surface area contributed by atoms with Crippen LogP contribution in [0.1, 0.15) is 0 Å². The van der Waals surface area contributed by atoms with E-state index in [0.29, 0.717) is 0 Å². The van der Waals surface area contributed by atoms with Gasteiger partial charge in [0.1, 0.15) is 0 Å². The molecule has 0 saturated heterocycles. The molecular formula is H7O8P3. The van der Waals surface area contributed by atoms with Crippen molar-refractivity contribution >= 4 is 25.2 Å². The van der Waals surface area contributed by atoms with E-state index in [1.54, 1.807) is 0 Å². The fourth-order valence-corrected chi connectivity index (χ4v) is 0. The third kappa shape index (κ3) is 5590. The topological polar surface area (TPSA) is 152 Å². The summed E-state index contributed by atoms with van der Waals surface area (Å²) in [5.41, 5.74) is 0. The zero-order chi connectivity index (χ0) is 9.86. The maximum atomic E-state index is 8.74. The van der Waals surface area contributed by atoms with Crippen molar-refractivity contribution in [1.29, 1.82) is 0 Å². The Labute approximate surface area is 64.3 Å². The van der Waals surface area contributed by atoms with Crippen molar-refractivity contribution in [2.24, 2.45) is 0 Å². The maximum Gasteiger partial charge on any atom is 0.324 e. The van der Waals surface area contributed by atoms with Gasteiger partial charge < -0.3 is 24.5 Å². The Hall–Kier alpha value is 0.360. The standard InChI is InChI=1S/2H3O3P.HO2P/c2*1-4(2)3;1-3-2/h2*4H,(H2,1,2,3);(H,1,2). The van der Waals surface area contributed by atoms with Gasteiger partial charge in [-0.3, -0.25) is 9.13 Å². The maximum absolute atomic E-state index is 8.74. The molecule has 5 N–H and O–H groups in total. The third-order valence-corrected chi connectivity index (χ3v) is 0. The Kier molecular flexibility index (Phi) is 26.6. The second-order valence-electron chi connectivity index (χ2n) is 0.647. The summed E-state index contributed by atoms with van der Waals surface area (Å²) in [6, 6.07) is 0. The third-order valence-electron chi connectivity index (χ3n) is 0. The molecule has 8 nitrogen and oxygen atoms in total. The molecule has 0 aliphatic carbocycles. The molecule has 0 unspecified atom stereocenters. The highest BCUT2D eigenvalue weighted by molar-refractivity contribution is 7.31. The summed E-state index contributed by atoms with van der Waals surface area (Å²) in [6.45, 7) is 0. The SMILES string of the molecule is O=PO.O=[PH](O)O.O=[PH](O)O. The first-order valence-electron chi connectivity index (χ1n) is 1.69. The van der Waals surface area contributed by atoms with Crippen LogP contribution in [0.15, 0.2) is 0 Å². The molecule has 0 aromatic heterocycles. The summed E-state index contributed by atoms with van der Waals surface area (Å²) in [5.74, 6) is 0. The lowest BCUT2D eigenvalue weighted by atomic mass is 15.8. The molecule has 70 valence electrons. The summed E-state index contributed by atoms with van der Waals surface area (Å²) < 4.78 is 25.9. The number of hydrogen-bond donors (Lipinski definition) is 5. The average molecular weight is 228 g/mol. The lowest BCUT2D eigenvalue weighted by Crippen LogP contribution is -1.38. The van der Waals surface area contributed by atoms with Gasteiger partial charge in [-0.25, -0.2) is 4.57 Å². The van der Waals surface area contributed by atoms with Crippen LogP contribution in [0, 0.1) is 0 Å². The van der Waals surface area contributed by atoms with Crippen LogP contribution in [0.25, 0.3) is 0 Å². The van der Waals surface area contributed by atoms with Crippen molar-refractivity contribution in [2.75, 3.05) is 0 Å². The molecule has 0 amide bonds. The van der Waals surface area contributed by atoms with E-state index in [0.717, 1.165) is 0 Å². The van der Waals surface area contributed by atoms with Crippen molar-refractivity contribution in [1.82, 2.24) is 0 Å². The first-order valence-corrected chi connectivity index (χ1v) is 5.06. The molecule has 0 spiro atoms. The van der Waals surface area contributed by atoms with Crippen LogP contribution in [0.2, 0.25) is 0 Å². The Morgan fingerprint density at radius 1 is 0.909 bits per heavy atom. The normalized spacial score (nSPS) is 8.27. The summed E-state index contributed by atoms with van der Waals surface area (Å²) >= 11 is 0. The highest BCUT2D eigenvalue weighted by Gasteiger charge is 1.62. The van der Waals surface area contributed by atoms with Gasteiger partial charge in [-0.1, -0.05) is 0 Å². The minimum atomic E-state index is -3.13. The molecule has 0 saturated carbocycles. The van der Waals surface area contributed by atoms with Crippen LogP contribution < -0.4 is 0 Å². The van der Waals surface area contributed by atoms with Gasteiger partial charge in [-0.15, -0.1) is 0 Å². The van der Waals surface area contributed by atoms with E-state index in [4.69, 9.17) is 38.2 Å². The Morgan fingerprint density at radius 3 is 0.909 bits per heavy atom. The first-order chi connectivity index (χ1) is 4.88. The predicted molar refractivity (Wildman–Crippen MR) is 36.7 cm³/mol. The number of hydrogen-bond acceptors (Lipinski definition) is 3. The molecule has 11 heavy (non-hydrogen) atoms. The van der Waals surface area contributed by atoms with Crippen molar-refractivity contribution in [3.8, 4) is 0 Å². The van der Waals surface area contributed by atoms with E-state index in [2.05, 4.69) is 0 Å². The molecule has 0 atom stereocenters. The second kappa shape index (κ2) is 16.8. The minimum Gasteiger partial charge on any atom is -0.326 e. The van der Waals surface area contributed by atoms with Gasteiger partial charge in [0, 0.05) is 0 Å². The van der Waals surface area contributed by atoms with Crippen LogP contribution >= 0.6 is 25.2 Å². The van der Waals surface area contributed by atoms with Crippen molar-refractivity contribution < 1.29 is 38.2 Å². The summed E-state index contributed by atoms with van der Waals surface area (Å²) in [4.78, 5) is 35.6. The zero-order valence-corrected chi connectivity index (χ0v) is 7.80. The molecular weight excluding hydrogens is 221 g/mol. The van der Waals surface area contributed by atoms with Crippen LogP contribution in [-0.2, 0) is 13.7 Å². The molecule has 0 bridgehead atoms. The molecule has 0 aliphatic rings. The van der Waals surface area contributed by atoms with Gasteiger partial charge in [-0.2, -0.15) is 0 Å². The number of rotatable bonds is 0. The van der Waals surface area contributed by atoms with Gasteiger partial charge in [-0.05, 0) is 0 Å². The van der Waals surface area contributed by atoms with Crippen LogP contribution in [0.3, 0.4) is 0 Å². The molecule has 11 heteroatoms. The van der Waals surface area contributed by atoms with E-state index < -0.39 is 25.2 Å². The monoisotopic (exact) mass is 228 g/mol. The van der Waals surface area contributed by atoms with Gasteiger partial charge >= 0.3 is 25.2 Å². The lowest BCUT2D eigenvalue weighted by Gasteiger charge is -1.61. The van der Waals surface area contributed by atoms with E-state index in [-0.39, 0.29) is 0 Å². The van der Waals surface area contributed by atoms with Crippen LogP contribution in [0.4, 0.5) is 0 Å². The Bertz CT molecular complexity index is 96.5. The molecule has 0 aromatic carbocycles. The largest absolute Gasteiger partial charge is 0.326 e. The average Bonchev–Trinajstić information content (AvgIpc) is 1.60. The van der Waals surface area contributed by atoms with Gasteiger partial charge in [0.25, 0.3) is 0 Å². The van der Waals surface area contributed by atoms with E-state index >= 15 is 0 Å². The van der Waals surface area contributed by atoms with Crippen LogP contribution in [0.5, 0.6) is 0 Å². The molecule has 0 aromatic rings. The zero-order valence-electron chi connectivity index (χ0n) is 4.91.